The number of sulfonamides is 1. The van der Waals surface area contributed by atoms with Crippen LogP contribution in [0.5, 0.6) is 0 Å². The second-order valence-corrected chi connectivity index (χ2v) is 10.6. The first-order valence-electron chi connectivity index (χ1n) is 10.3. The summed E-state index contributed by atoms with van der Waals surface area (Å²) in [6.45, 7) is 0.840. The zero-order valence-electron chi connectivity index (χ0n) is 17.4. The first kappa shape index (κ1) is 23.7. The Hall–Kier alpha value is -2.46. The van der Waals surface area contributed by atoms with Crippen LogP contribution in [0, 0.1) is 11.7 Å². The van der Waals surface area contributed by atoms with Crippen LogP contribution in [0.1, 0.15) is 18.4 Å². The SMILES string of the molecule is O=C(Nc1cnn(Cc2ccc(F)cc2Cl)c1)C1CCN(S(=O)(=O)c2ccc(Cl)cc2)CC1. The molecule has 0 aliphatic carbocycles. The summed E-state index contributed by atoms with van der Waals surface area (Å²) in [7, 11) is -3.62. The molecular formula is C22H21Cl2FN4O3S. The number of halogens is 3. The first-order chi connectivity index (χ1) is 15.7. The fourth-order valence-electron chi connectivity index (χ4n) is 3.70. The molecule has 4 rings (SSSR count). The largest absolute Gasteiger partial charge is 0.323 e. The normalized spacial score (nSPS) is 15.5. The van der Waals surface area contributed by atoms with Gasteiger partial charge in [0.25, 0.3) is 0 Å². The maximum Gasteiger partial charge on any atom is 0.243 e. The number of nitrogens with one attached hydrogen (secondary N) is 1. The molecule has 0 saturated carbocycles. The lowest BCUT2D eigenvalue weighted by Gasteiger charge is -2.30. The van der Waals surface area contributed by atoms with Crippen molar-refractivity contribution in [3.05, 3.63) is 76.3 Å². The van der Waals surface area contributed by atoms with E-state index in [-0.39, 0.29) is 29.8 Å². The number of carbonyl (C=O) groups is 1. The van der Waals surface area contributed by atoms with Gasteiger partial charge in [0.2, 0.25) is 15.9 Å². The Morgan fingerprint density at radius 2 is 1.82 bits per heavy atom. The molecule has 1 saturated heterocycles. The fraction of sp³-hybridized carbons (Fsp3) is 0.273. The van der Waals surface area contributed by atoms with Crippen LogP contribution >= 0.6 is 23.2 Å². The maximum absolute atomic E-state index is 13.2. The lowest BCUT2D eigenvalue weighted by molar-refractivity contribution is -0.120. The molecule has 0 bridgehead atoms. The van der Waals surface area contributed by atoms with Crippen molar-refractivity contribution in [3.63, 3.8) is 0 Å². The molecule has 0 atom stereocenters. The second kappa shape index (κ2) is 9.80. The number of hydrogen-bond donors (Lipinski definition) is 1. The number of amides is 1. The molecule has 174 valence electrons. The molecule has 7 nitrogen and oxygen atoms in total. The first-order valence-corrected chi connectivity index (χ1v) is 12.4. The van der Waals surface area contributed by atoms with Gasteiger partial charge in [-0.15, -0.1) is 0 Å². The van der Waals surface area contributed by atoms with Crippen molar-refractivity contribution in [1.29, 1.82) is 0 Å². The minimum atomic E-state index is -3.62. The Morgan fingerprint density at radius 1 is 1.12 bits per heavy atom. The van der Waals surface area contributed by atoms with Gasteiger partial charge in [0, 0.05) is 35.2 Å². The number of hydrogen-bond acceptors (Lipinski definition) is 4. The summed E-state index contributed by atoms with van der Waals surface area (Å²) >= 11 is 11.9. The van der Waals surface area contributed by atoms with Gasteiger partial charge in [0.1, 0.15) is 5.82 Å². The third-order valence-electron chi connectivity index (χ3n) is 5.52. The van der Waals surface area contributed by atoms with E-state index in [9.17, 15) is 17.6 Å². The molecule has 11 heteroatoms. The van der Waals surface area contributed by atoms with E-state index in [1.165, 1.54) is 34.8 Å². The van der Waals surface area contributed by atoms with Crippen LogP contribution in [-0.4, -0.2) is 41.5 Å². The maximum atomic E-state index is 13.2. The Kier molecular flexibility index (Phi) is 7.04. The molecule has 33 heavy (non-hydrogen) atoms. The molecule has 1 N–H and O–H groups in total. The fourth-order valence-corrected chi connectivity index (χ4v) is 5.52. The average Bonchev–Trinajstić information content (AvgIpc) is 3.23. The van der Waals surface area contributed by atoms with Crippen LogP contribution in [0.15, 0.2) is 59.8 Å². The summed E-state index contributed by atoms with van der Waals surface area (Å²) < 4.78 is 41.8. The minimum Gasteiger partial charge on any atom is -0.323 e. The zero-order chi connectivity index (χ0) is 23.6. The van der Waals surface area contributed by atoms with E-state index >= 15 is 0 Å². The molecule has 1 aliphatic heterocycles. The predicted octanol–water partition coefficient (Wildman–Crippen LogP) is 4.42. The quantitative estimate of drug-likeness (QED) is 0.531. The summed E-state index contributed by atoms with van der Waals surface area (Å²) in [6.07, 6.45) is 4.02. The molecule has 1 aliphatic rings. The molecule has 1 amide bonds. The number of benzene rings is 2. The highest BCUT2D eigenvalue weighted by Crippen LogP contribution is 2.26. The van der Waals surface area contributed by atoms with E-state index in [0.29, 0.717) is 40.7 Å². The van der Waals surface area contributed by atoms with Crippen molar-refractivity contribution in [2.75, 3.05) is 18.4 Å². The molecule has 0 unspecified atom stereocenters. The Labute approximate surface area is 201 Å². The Morgan fingerprint density at radius 3 is 2.48 bits per heavy atom. The van der Waals surface area contributed by atoms with Gasteiger partial charge in [0.15, 0.2) is 0 Å². The highest BCUT2D eigenvalue weighted by molar-refractivity contribution is 7.89. The van der Waals surface area contributed by atoms with Gasteiger partial charge in [-0.3, -0.25) is 9.48 Å². The number of piperidine rings is 1. The molecular weight excluding hydrogens is 490 g/mol. The summed E-state index contributed by atoms with van der Waals surface area (Å²) in [5.41, 5.74) is 1.22. The van der Waals surface area contributed by atoms with Crippen molar-refractivity contribution in [1.82, 2.24) is 14.1 Å². The second-order valence-electron chi connectivity index (χ2n) is 7.78. The van der Waals surface area contributed by atoms with E-state index in [4.69, 9.17) is 23.2 Å². The van der Waals surface area contributed by atoms with Gasteiger partial charge in [-0.1, -0.05) is 29.3 Å². The van der Waals surface area contributed by atoms with Crippen LogP contribution < -0.4 is 5.32 Å². The van der Waals surface area contributed by atoms with Gasteiger partial charge in [-0.25, -0.2) is 12.8 Å². The molecule has 1 aromatic heterocycles. The molecule has 1 fully saturated rings. The third-order valence-corrected chi connectivity index (χ3v) is 8.04. The van der Waals surface area contributed by atoms with E-state index in [0.717, 1.165) is 0 Å². The van der Waals surface area contributed by atoms with Gasteiger partial charge in [0.05, 0.1) is 23.3 Å². The topological polar surface area (TPSA) is 84.3 Å². The van der Waals surface area contributed by atoms with Crippen molar-refractivity contribution in [3.8, 4) is 0 Å². The number of aromatic nitrogens is 2. The third kappa shape index (κ3) is 5.55. The van der Waals surface area contributed by atoms with Crippen LogP contribution in [0.25, 0.3) is 0 Å². The summed E-state index contributed by atoms with van der Waals surface area (Å²) in [4.78, 5) is 12.9. The number of rotatable bonds is 6. The van der Waals surface area contributed by atoms with Crippen molar-refractivity contribution >= 4 is 44.8 Å². The molecule has 2 aromatic carbocycles. The number of anilines is 1. The molecule has 0 radical (unpaired) electrons. The van der Waals surface area contributed by atoms with E-state index < -0.39 is 15.8 Å². The minimum absolute atomic E-state index is 0.182. The molecule has 3 aromatic rings. The summed E-state index contributed by atoms with van der Waals surface area (Å²) in [6, 6.07) is 10.2. The molecule has 2 heterocycles. The standard InChI is InChI=1S/C22H21Cl2FN4O3S/c23-17-2-5-20(6-3-17)33(31,32)29-9-7-15(8-10-29)22(30)27-19-12-26-28(14-19)13-16-1-4-18(25)11-21(16)24/h1-6,11-12,14-15H,7-10,13H2,(H,27,30). The monoisotopic (exact) mass is 510 g/mol. The number of carbonyl (C=O) groups excluding carboxylic acids is 1. The van der Waals surface area contributed by atoms with Crippen molar-refractivity contribution in [2.45, 2.75) is 24.3 Å². The van der Waals surface area contributed by atoms with Crippen LogP contribution in [-0.2, 0) is 21.4 Å². The van der Waals surface area contributed by atoms with E-state index in [1.54, 1.807) is 29.1 Å². The zero-order valence-corrected chi connectivity index (χ0v) is 19.7. The summed E-state index contributed by atoms with van der Waals surface area (Å²) in [5, 5.41) is 7.81. The van der Waals surface area contributed by atoms with Crippen LogP contribution in [0.4, 0.5) is 10.1 Å². The van der Waals surface area contributed by atoms with Gasteiger partial charge in [-0.05, 0) is 54.8 Å². The van der Waals surface area contributed by atoms with Gasteiger partial charge < -0.3 is 5.32 Å². The van der Waals surface area contributed by atoms with Crippen LogP contribution in [0.2, 0.25) is 10.0 Å². The van der Waals surface area contributed by atoms with Crippen LogP contribution in [0.3, 0.4) is 0 Å². The van der Waals surface area contributed by atoms with Gasteiger partial charge in [-0.2, -0.15) is 9.40 Å². The lowest BCUT2D eigenvalue weighted by Crippen LogP contribution is -2.41. The van der Waals surface area contributed by atoms with E-state index in [2.05, 4.69) is 10.4 Å². The highest BCUT2D eigenvalue weighted by atomic mass is 35.5. The average molecular weight is 511 g/mol. The summed E-state index contributed by atoms with van der Waals surface area (Å²) in [5.74, 6) is -0.904. The van der Waals surface area contributed by atoms with Crippen molar-refractivity contribution in [2.24, 2.45) is 5.92 Å². The lowest BCUT2D eigenvalue weighted by atomic mass is 9.97. The van der Waals surface area contributed by atoms with E-state index in [1.807, 2.05) is 0 Å². The Bertz CT molecular complexity index is 1260. The molecule has 0 spiro atoms. The van der Waals surface area contributed by atoms with Gasteiger partial charge >= 0.3 is 0 Å². The number of nitrogens with zero attached hydrogens (tertiary/aromatic N) is 3. The predicted molar refractivity (Wildman–Crippen MR) is 124 cm³/mol. The smallest absolute Gasteiger partial charge is 0.243 e. The van der Waals surface area contributed by atoms with Crippen molar-refractivity contribution < 1.29 is 17.6 Å². The Balaban J connectivity index is 1.33. The highest BCUT2D eigenvalue weighted by Gasteiger charge is 2.32.